The fraction of sp³-hybridized carbons (Fsp3) is 0.176. The highest BCUT2D eigenvalue weighted by molar-refractivity contribution is 6.31. The number of anilines is 1. The molecule has 0 spiro atoms. The number of halogens is 2. The number of nitrogens with one attached hydrogen (secondary N) is 2. The van der Waals surface area contributed by atoms with E-state index in [1.165, 1.54) is 24.4 Å². The third-order valence-electron chi connectivity index (χ3n) is 3.37. The first-order chi connectivity index (χ1) is 11.5. The second-order valence-electron chi connectivity index (χ2n) is 5.07. The normalized spacial score (nSPS) is 12.6. The Hall–Kier alpha value is -2.60. The minimum Gasteiger partial charge on any atom is -0.482 e. The molecule has 0 aliphatic carbocycles. The highest BCUT2D eigenvalue weighted by atomic mass is 35.5. The molecule has 1 atom stereocenters. The van der Waals surface area contributed by atoms with Crippen molar-refractivity contribution in [2.24, 2.45) is 0 Å². The molecular formula is C17H18ClFN4O. The van der Waals surface area contributed by atoms with Gasteiger partial charge in [-0.3, -0.25) is 0 Å². The molecule has 0 bridgehead atoms. The van der Waals surface area contributed by atoms with Crippen LogP contribution in [0.5, 0.6) is 5.75 Å². The van der Waals surface area contributed by atoms with Crippen LogP contribution in [0, 0.1) is 11.2 Å². The smallest absolute Gasteiger partial charge is 0.166 e. The standard InChI is InChI=1S/C17H18ClFN4O/c1-10(14-6-13(19)3-4-15(14)18)24-16-5-11(9-23-17(16)21)12(7-20)8-22-2/h3-10,20,22H,1-2H3,(H2,21,23)/b12-8+,20-7?. The maximum Gasteiger partial charge on any atom is 0.166 e. The number of ether oxygens (including phenoxy) is 1. The third kappa shape index (κ3) is 4.02. The monoisotopic (exact) mass is 348 g/mol. The molecule has 1 aromatic heterocycles. The number of benzene rings is 1. The Morgan fingerprint density at radius 3 is 2.88 bits per heavy atom. The van der Waals surface area contributed by atoms with Gasteiger partial charge < -0.3 is 21.2 Å². The van der Waals surface area contributed by atoms with Gasteiger partial charge in [0.15, 0.2) is 11.6 Å². The lowest BCUT2D eigenvalue weighted by atomic mass is 10.1. The van der Waals surface area contributed by atoms with Gasteiger partial charge in [0.1, 0.15) is 11.9 Å². The average Bonchev–Trinajstić information content (AvgIpc) is 2.57. The van der Waals surface area contributed by atoms with Gasteiger partial charge in [-0.05, 0) is 31.2 Å². The van der Waals surface area contributed by atoms with Crippen LogP contribution in [-0.2, 0) is 0 Å². The van der Waals surface area contributed by atoms with E-state index >= 15 is 0 Å². The zero-order valence-electron chi connectivity index (χ0n) is 13.3. The molecule has 24 heavy (non-hydrogen) atoms. The molecule has 0 aliphatic heterocycles. The Kier molecular flexibility index (Phi) is 5.76. The van der Waals surface area contributed by atoms with Crippen molar-refractivity contribution >= 4 is 29.2 Å². The maximum atomic E-state index is 13.4. The Balaban J connectivity index is 2.33. The summed E-state index contributed by atoms with van der Waals surface area (Å²) in [5.41, 5.74) is 7.66. The van der Waals surface area contributed by atoms with Gasteiger partial charge in [0, 0.05) is 47.4 Å². The molecule has 1 aromatic carbocycles. The van der Waals surface area contributed by atoms with Crippen LogP contribution in [0.25, 0.3) is 5.57 Å². The predicted molar refractivity (Wildman–Crippen MR) is 94.9 cm³/mol. The summed E-state index contributed by atoms with van der Waals surface area (Å²) in [5, 5.41) is 10.7. The summed E-state index contributed by atoms with van der Waals surface area (Å²) in [6, 6.07) is 5.77. The first kappa shape index (κ1) is 17.7. The number of nitrogens with two attached hydrogens (primary N) is 1. The van der Waals surface area contributed by atoms with Crippen molar-refractivity contribution in [2.75, 3.05) is 12.8 Å². The molecule has 0 amide bonds. The second-order valence-corrected chi connectivity index (χ2v) is 5.47. The molecule has 2 rings (SSSR count). The van der Waals surface area contributed by atoms with Crippen LogP contribution in [0.3, 0.4) is 0 Å². The van der Waals surface area contributed by atoms with E-state index in [1.54, 1.807) is 32.4 Å². The summed E-state index contributed by atoms with van der Waals surface area (Å²) >= 11 is 6.10. The van der Waals surface area contributed by atoms with Crippen LogP contribution in [-0.4, -0.2) is 18.2 Å². The van der Waals surface area contributed by atoms with E-state index in [2.05, 4.69) is 10.3 Å². The molecule has 7 heteroatoms. The number of allylic oxidation sites excluding steroid dienone is 1. The topological polar surface area (TPSA) is 84.0 Å². The lowest BCUT2D eigenvalue weighted by Gasteiger charge is -2.18. The molecule has 0 radical (unpaired) electrons. The van der Waals surface area contributed by atoms with Crippen LogP contribution < -0.4 is 15.8 Å². The quantitative estimate of drug-likeness (QED) is 0.693. The molecule has 1 heterocycles. The molecular weight excluding hydrogens is 331 g/mol. The molecule has 4 N–H and O–H groups in total. The Labute approximate surface area is 144 Å². The summed E-state index contributed by atoms with van der Waals surface area (Å²) in [6.07, 6.45) is 3.89. The summed E-state index contributed by atoms with van der Waals surface area (Å²) in [4.78, 5) is 4.09. The van der Waals surface area contributed by atoms with Gasteiger partial charge in [0.05, 0.1) is 0 Å². The number of aromatic nitrogens is 1. The van der Waals surface area contributed by atoms with Gasteiger partial charge >= 0.3 is 0 Å². The van der Waals surface area contributed by atoms with Crippen LogP contribution in [0.1, 0.15) is 24.2 Å². The van der Waals surface area contributed by atoms with Gasteiger partial charge in [0.25, 0.3) is 0 Å². The van der Waals surface area contributed by atoms with E-state index in [-0.39, 0.29) is 5.82 Å². The average molecular weight is 349 g/mol. The van der Waals surface area contributed by atoms with Crippen molar-refractivity contribution in [2.45, 2.75) is 13.0 Å². The fourth-order valence-corrected chi connectivity index (χ4v) is 2.42. The van der Waals surface area contributed by atoms with Crippen LogP contribution in [0.4, 0.5) is 10.2 Å². The number of nitrogen functional groups attached to an aromatic ring is 1. The summed E-state index contributed by atoms with van der Waals surface area (Å²) in [6.45, 7) is 1.74. The van der Waals surface area contributed by atoms with Gasteiger partial charge in [0.2, 0.25) is 0 Å². The Bertz CT molecular complexity index is 779. The number of pyridine rings is 1. The Morgan fingerprint density at radius 2 is 2.21 bits per heavy atom. The highest BCUT2D eigenvalue weighted by Gasteiger charge is 2.15. The molecule has 0 saturated carbocycles. The zero-order valence-corrected chi connectivity index (χ0v) is 14.1. The molecule has 1 unspecified atom stereocenters. The summed E-state index contributed by atoms with van der Waals surface area (Å²) in [7, 11) is 1.74. The molecule has 126 valence electrons. The SMILES string of the molecule is CN/C=C(\C=N)c1cnc(N)c(OC(C)c2cc(F)ccc2Cl)c1. The van der Waals surface area contributed by atoms with Crippen molar-refractivity contribution in [1.29, 1.82) is 5.41 Å². The Morgan fingerprint density at radius 1 is 1.46 bits per heavy atom. The van der Waals surface area contributed by atoms with Crippen molar-refractivity contribution < 1.29 is 9.13 Å². The van der Waals surface area contributed by atoms with Gasteiger partial charge in [-0.15, -0.1) is 0 Å². The summed E-state index contributed by atoms with van der Waals surface area (Å²) in [5.74, 6) is 0.142. The van der Waals surface area contributed by atoms with E-state index in [4.69, 9.17) is 27.5 Å². The number of nitrogens with zero attached hydrogens (tertiary/aromatic N) is 1. The van der Waals surface area contributed by atoms with Crippen LogP contribution in [0.15, 0.2) is 36.7 Å². The largest absolute Gasteiger partial charge is 0.482 e. The minimum atomic E-state index is -0.524. The lowest BCUT2D eigenvalue weighted by Crippen LogP contribution is -2.08. The molecule has 0 fully saturated rings. The highest BCUT2D eigenvalue weighted by Crippen LogP contribution is 2.31. The fourth-order valence-electron chi connectivity index (χ4n) is 2.15. The predicted octanol–water partition coefficient (Wildman–Crippen LogP) is 3.81. The van der Waals surface area contributed by atoms with E-state index in [0.717, 1.165) is 0 Å². The van der Waals surface area contributed by atoms with Gasteiger partial charge in [-0.2, -0.15) is 0 Å². The first-order valence-corrected chi connectivity index (χ1v) is 7.59. The minimum absolute atomic E-state index is 0.201. The molecule has 0 saturated heterocycles. The van der Waals surface area contributed by atoms with Crippen LogP contribution in [0.2, 0.25) is 5.02 Å². The van der Waals surface area contributed by atoms with E-state index in [1.807, 2.05) is 0 Å². The van der Waals surface area contributed by atoms with E-state index in [9.17, 15) is 4.39 Å². The van der Waals surface area contributed by atoms with E-state index in [0.29, 0.717) is 27.5 Å². The van der Waals surface area contributed by atoms with Crippen molar-refractivity contribution in [1.82, 2.24) is 10.3 Å². The maximum absolute atomic E-state index is 13.4. The van der Waals surface area contributed by atoms with Crippen LogP contribution >= 0.6 is 11.6 Å². The van der Waals surface area contributed by atoms with Gasteiger partial charge in [-0.1, -0.05) is 11.6 Å². The molecule has 0 aliphatic rings. The van der Waals surface area contributed by atoms with Crippen molar-refractivity contribution in [3.8, 4) is 5.75 Å². The first-order valence-electron chi connectivity index (χ1n) is 7.21. The number of hydrogen-bond donors (Lipinski definition) is 3. The second kappa shape index (κ2) is 7.79. The number of hydrogen-bond acceptors (Lipinski definition) is 5. The van der Waals surface area contributed by atoms with Crippen molar-refractivity contribution in [3.05, 3.63) is 58.6 Å². The summed E-state index contributed by atoms with van der Waals surface area (Å²) < 4.78 is 19.3. The van der Waals surface area contributed by atoms with E-state index < -0.39 is 11.9 Å². The lowest BCUT2D eigenvalue weighted by molar-refractivity contribution is 0.227. The molecule has 5 nitrogen and oxygen atoms in total. The molecule has 2 aromatic rings. The third-order valence-corrected chi connectivity index (χ3v) is 3.71. The number of rotatable bonds is 6. The van der Waals surface area contributed by atoms with Crippen molar-refractivity contribution in [3.63, 3.8) is 0 Å². The van der Waals surface area contributed by atoms with Gasteiger partial charge in [-0.25, -0.2) is 9.37 Å². The zero-order chi connectivity index (χ0) is 17.7.